The molecule has 2 rings (SSSR count). The third-order valence-corrected chi connectivity index (χ3v) is 8.68. The van der Waals surface area contributed by atoms with Gasteiger partial charge < -0.3 is 26.4 Å². The number of nitrogens with zero attached hydrogens (tertiary/aromatic N) is 3. The van der Waals surface area contributed by atoms with E-state index in [2.05, 4.69) is 16.2 Å². The van der Waals surface area contributed by atoms with Gasteiger partial charge in [0.25, 0.3) is 34.9 Å². The number of nitrogens with one attached hydrogen (secondary N) is 3. The Hall–Kier alpha value is -4.98. The van der Waals surface area contributed by atoms with Gasteiger partial charge in [-0.3, -0.25) is 39.6 Å². The summed E-state index contributed by atoms with van der Waals surface area (Å²) >= 11 is 10.6. The van der Waals surface area contributed by atoms with Crippen molar-refractivity contribution in [2.75, 3.05) is 13.1 Å². The number of ether oxygens (including phenoxy) is 1. The van der Waals surface area contributed by atoms with E-state index in [9.17, 15) is 47.1 Å². The molecule has 312 valence electrons. The second-order valence-corrected chi connectivity index (χ2v) is 14.1. The summed E-state index contributed by atoms with van der Waals surface area (Å²) in [5.41, 5.74) is 9.80. The molecule has 7 N–H and O–H groups in total. The molecule has 1 saturated carbocycles. The number of hydrazine groups is 2. The highest BCUT2D eigenvalue weighted by Crippen LogP contribution is 2.29. The van der Waals surface area contributed by atoms with Gasteiger partial charge in [-0.2, -0.15) is 0 Å². The number of benzene rings is 1. The van der Waals surface area contributed by atoms with Gasteiger partial charge in [-0.25, -0.2) is 28.4 Å². The lowest BCUT2D eigenvalue weighted by Gasteiger charge is -2.34. The van der Waals surface area contributed by atoms with E-state index < -0.39 is 96.9 Å². The highest BCUT2D eigenvalue weighted by molar-refractivity contribution is 6.29. The first-order valence-electron chi connectivity index (χ1n) is 17.7. The number of hydroxylamine groups is 2. The van der Waals surface area contributed by atoms with Crippen molar-refractivity contribution in [2.24, 2.45) is 23.3 Å². The van der Waals surface area contributed by atoms with Crippen LogP contribution in [-0.4, -0.2) is 99.1 Å². The zero-order chi connectivity index (χ0) is 41.9. The molecule has 0 heterocycles. The van der Waals surface area contributed by atoms with E-state index >= 15 is 0 Å². The molecule has 0 radical (unpaired) electrons. The Morgan fingerprint density at radius 2 is 1.34 bits per heavy atom. The Morgan fingerprint density at radius 3 is 1.82 bits per heavy atom. The maximum atomic E-state index is 14.0. The summed E-state index contributed by atoms with van der Waals surface area (Å²) in [5, 5.41) is 3.38. The Bertz CT molecular complexity index is 1520. The Kier molecular flexibility index (Phi) is 20.1. The second kappa shape index (κ2) is 23.8. The number of carbonyl (C=O) groups is 8. The summed E-state index contributed by atoms with van der Waals surface area (Å²) < 4.78 is 33.1. The van der Waals surface area contributed by atoms with Crippen LogP contribution in [0, 0.1) is 11.8 Å². The number of amides is 8. The van der Waals surface area contributed by atoms with Crippen molar-refractivity contribution in [1.82, 2.24) is 31.2 Å². The van der Waals surface area contributed by atoms with Gasteiger partial charge in [0.05, 0.1) is 13.1 Å². The van der Waals surface area contributed by atoms with E-state index in [0.29, 0.717) is 33.5 Å². The van der Waals surface area contributed by atoms with Crippen molar-refractivity contribution in [3.63, 3.8) is 0 Å². The third kappa shape index (κ3) is 16.8. The van der Waals surface area contributed by atoms with E-state index in [0.717, 1.165) is 19.3 Å². The molecule has 1 fully saturated rings. The van der Waals surface area contributed by atoms with Gasteiger partial charge in [-0.05, 0) is 30.2 Å². The second-order valence-electron chi connectivity index (χ2n) is 13.3. The van der Waals surface area contributed by atoms with Gasteiger partial charge in [0, 0.05) is 12.8 Å². The maximum absolute atomic E-state index is 14.0. The van der Waals surface area contributed by atoms with Crippen LogP contribution in [0.25, 0.3) is 0 Å². The quantitative estimate of drug-likeness (QED) is 0.107. The summed E-state index contributed by atoms with van der Waals surface area (Å²) in [5.74, 6) is -7.49. The molecule has 1 aromatic rings. The van der Waals surface area contributed by atoms with Crippen LogP contribution in [0.1, 0.15) is 77.2 Å². The Balaban J connectivity index is 2.51. The van der Waals surface area contributed by atoms with Crippen molar-refractivity contribution in [2.45, 2.75) is 102 Å². The number of alkyl halides is 4. The van der Waals surface area contributed by atoms with Crippen LogP contribution in [0.3, 0.4) is 0 Å². The highest BCUT2D eigenvalue weighted by atomic mass is 35.5. The zero-order valence-electron chi connectivity index (χ0n) is 30.9. The first kappa shape index (κ1) is 47.2. The van der Waals surface area contributed by atoms with Crippen LogP contribution in [0.15, 0.2) is 30.3 Å². The zero-order valence-corrected chi connectivity index (χ0v) is 32.4. The molecule has 0 aliphatic heterocycles. The minimum absolute atomic E-state index is 0.122. The van der Waals surface area contributed by atoms with Gasteiger partial charge >= 0.3 is 12.2 Å². The minimum atomic E-state index is -2.65. The molecule has 0 spiro atoms. The average molecular weight is 838 g/mol. The fourth-order valence-corrected chi connectivity index (χ4v) is 5.80. The number of primary amides is 2. The van der Waals surface area contributed by atoms with Gasteiger partial charge in [0.1, 0.15) is 12.6 Å². The maximum Gasteiger partial charge on any atom is 0.444 e. The lowest BCUT2D eigenvalue weighted by molar-refractivity contribution is -0.158. The summed E-state index contributed by atoms with van der Waals surface area (Å²) in [6, 6.07) is 5.00. The van der Waals surface area contributed by atoms with Crippen LogP contribution < -0.4 is 27.6 Å². The molecule has 3 unspecified atom stereocenters. The summed E-state index contributed by atoms with van der Waals surface area (Å²) in [6.07, 6.45) is -0.484. The molecule has 22 heteroatoms. The molecule has 1 aliphatic carbocycles. The largest absolute Gasteiger partial charge is 0.444 e. The van der Waals surface area contributed by atoms with Crippen LogP contribution in [0.5, 0.6) is 0 Å². The number of hydrogen-bond donors (Lipinski definition) is 5. The molecule has 8 amide bonds. The smallest absolute Gasteiger partial charge is 0.442 e. The minimum Gasteiger partial charge on any atom is -0.442 e. The van der Waals surface area contributed by atoms with Gasteiger partial charge in [0.15, 0.2) is 6.04 Å². The van der Waals surface area contributed by atoms with E-state index in [4.69, 9.17) is 44.2 Å². The molecule has 0 bridgehead atoms. The van der Waals surface area contributed by atoms with Crippen LogP contribution in [0.2, 0.25) is 0 Å². The van der Waals surface area contributed by atoms with Crippen LogP contribution in [0.4, 0.5) is 18.4 Å². The topological polar surface area (TPSA) is 253 Å². The average Bonchev–Trinajstić information content (AvgIpc) is 3.14. The molecular weight excluding hydrogens is 789 g/mol. The molecule has 18 nitrogen and oxygen atoms in total. The fourth-order valence-electron chi connectivity index (χ4n) is 5.56. The molecule has 0 aromatic heterocycles. The molecule has 1 aliphatic rings. The number of nitrogens with two attached hydrogens (primary N) is 2. The van der Waals surface area contributed by atoms with Crippen molar-refractivity contribution < 1.29 is 56.7 Å². The van der Waals surface area contributed by atoms with Crippen LogP contribution in [-0.2, 0) is 44.9 Å². The normalized spacial score (nSPS) is 14.9. The van der Waals surface area contributed by atoms with Gasteiger partial charge in [0.2, 0.25) is 11.8 Å². The monoisotopic (exact) mass is 836 g/mol. The predicted molar refractivity (Wildman–Crippen MR) is 195 cm³/mol. The van der Waals surface area contributed by atoms with Gasteiger partial charge in [-0.1, -0.05) is 99.5 Å². The summed E-state index contributed by atoms with van der Waals surface area (Å²) in [4.78, 5) is 108. The number of hydrogen-bond acceptors (Lipinski definition) is 10. The fraction of sp³-hybridized carbons (Fsp3) is 0.588. The lowest BCUT2D eigenvalue weighted by Crippen LogP contribution is -2.59. The van der Waals surface area contributed by atoms with Crippen LogP contribution >= 0.6 is 23.2 Å². The standard InChI is InChI=1S/C34H48Cl2F2N8O10/c1-20(2)17-23(29(49)42-44(15-13-25(39)47)31(51)27(35)37)41-33(53)56-46(34(54)55-19-22-11-7-4-8-12-22)24(18-21-9-5-3-6-10-21)30(50)43-45(16-14-26(40)48)32(52)28(36)38/h4,7-8,11-12,20-21,23-24,27-28H,3,5-6,9-10,13-19H2,1-2H3,(H2,39,47)(H2,40,48)(H,41,53)(H,42,49)(H,43,50)/t23?,24?,27?,28-/m0/s1. The molecule has 56 heavy (non-hydrogen) atoms. The summed E-state index contributed by atoms with van der Waals surface area (Å²) in [6.45, 7) is 1.80. The Morgan fingerprint density at radius 1 is 0.821 bits per heavy atom. The van der Waals surface area contributed by atoms with E-state index in [1.54, 1.807) is 44.2 Å². The molecular formula is C34H48Cl2F2N8O10. The lowest BCUT2D eigenvalue weighted by atomic mass is 9.84. The van der Waals surface area contributed by atoms with Crippen molar-refractivity contribution in [3.05, 3.63) is 35.9 Å². The van der Waals surface area contributed by atoms with E-state index in [-0.39, 0.29) is 31.3 Å². The Labute approximate surface area is 332 Å². The van der Waals surface area contributed by atoms with Crippen molar-refractivity contribution in [3.8, 4) is 0 Å². The van der Waals surface area contributed by atoms with E-state index in [1.165, 1.54) is 0 Å². The van der Waals surface area contributed by atoms with E-state index in [1.807, 2.05) is 0 Å². The van der Waals surface area contributed by atoms with Crippen molar-refractivity contribution >= 4 is 70.8 Å². The molecule has 1 aromatic carbocycles. The number of rotatable bonds is 18. The summed E-state index contributed by atoms with van der Waals surface area (Å²) in [7, 11) is 0. The molecule has 4 atom stereocenters. The predicted octanol–water partition coefficient (Wildman–Crippen LogP) is 2.56. The number of halogens is 4. The SMILES string of the molecule is CC(C)CC(NC(=O)ON(C(=O)OCc1ccccc1)C(CC1CCCCC1)C(=O)NN(CCC(N)=O)C(=O)[C@H](F)Cl)C(=O)NN(CCC(N)=O)C(=O)C(F)Cl. The third-order valence-electron chi connectivity index (χ3n) is 8.31. The number of carbonyl (C=O) groups excluding carboxylic acids is 8. The van der Waals surface area contributed by atoms with Gasteiger partial charge in [-0.15, -0.1) is 5.06 Å². The van der Waals surface area contributed by atoms with Crippen molar-refractivity contribution in [1.29, 1.82) is 0 Å². The first-order valence-corrected chi connectivity index (χ1v) is 18.6. The molecule has 0 saturated heterocycles. The first-order chi connectivity index (χ1) is 26.4. The highest BCUT2D eigenvalue weighted by Gasteiger charge is 2.40.